The van der Waals surface area contributed by atoms with E-state index in [0.29, 0.717) is 0 Å². The molecule has 1 heteroatoms. The maximum atomic E-state index is 2.70. The summed E-state index contributed by atoms with van der Waals surface area (Å²) >= 11 is -1.50. The zero-order chi connectivity index (χ0) is 14.4. The fourth-order valence-corrected chi connectivity index (χ4v) is 8.86. The molecule has 0 spiro atoms. The molecule has 0 unspecified atom stereocenters. The average molecular weight is 327 g/mol. The minimum atomic E-state index is -1.50. The quantitative estimate of drug-likeness (QED) is 0.249. The Bertz CT molecular complexity index is 195. The molecular weight excluding hydrogens is 289 g/mol. The van der Waals surface area contributed by atoms with Crippen LogP contribution in [0.1, 0.15) is 85.5 Å². The molecule has 0 aromatic heterocycles. The Hall–Kier alpha value is 0.283. The van der Waals surface area contributed by atoms with Crippen LogP contribution in [0.4, 0.5) is 0 Å². The van der Waals surface area contributed by atoms with Gasteiger partial charge >= 0.3 is 125 Å². The van der Waals surface area contributed by atoms with Crippen molar-refractivity contribution in [1.29, 1.82) is 0 Å². The normalized spacial score (nSPS) is 12.4. The van der Waals surface area contributed by atoms with Crippen molar-refractivity contribution in [3.05, 3.63) is 11.0 Å². The van der Waals surface area contributed by atoms with E-state index in [-0.39, 0.29) is 0 Å². The number of allylic oxidation sites excluding steroid dienone is 1. The minimum absolute atomic E-state index is 1.34. The van der Waals surface area contributed by atoms with Gasteiger partial charge in [-0.05, 0) is 0 Å². The van der Waals surface area contributed by atoms with Crippen molar-refractivity contribution >= 4 is 13.3 Å². The first kappa shape index (κ1) is 19.3. The van der Waals surface area contributed by atoms with Gasteiger partial charge in [0.1, 0.15) is 0 Å². The Morgan fingerprint density at radius 2 is 1.11 bits per heavy atom. The van der Waals surface area contributed by atoms with Gasteiger partial charge in [0.15, 0.2) is 0 Å². The average Bonchev–Trinajstić information content (AvgIpc) is 2.46. The summed E-state index contributed by atoms with van der Waals surface area (Å²) < 4.78 is 0. The van der Waals surface area contributed by atoms with Crippen molar-refractivity contribution in [3.63, 3.8) is 0 Å². The van der Waals surface area contributed by atoms with E-state index in [1.165, 1.54) is 73.5 Å². The third kappa shape index (κ3) is 9.76. The van der Waals surface area contributed by atoms with Crippen LogP contribution in [0.3, 0.4) is 0 Å². The molecule has 114 valence electrons. The molecule has 0 saturated carbocycles. The molecule has 0 aliphatic heterocycles. The first-order valence-electron chi connectivity index (χ1n) is 8.92. The van der Waals surface area contributed by atoms with Crippen molar-refractivity contribution in [1.82, 2.24) is 0 Å². The van der Waals surface area contributed by atoms with Crippen LogP contribution in [-0.4, -0.2) is 13.3 Å². The van der Waals surface area contributed by atoms with Crippen molar-refractivity contribution in [2.45, 2.75) is 101 Å². The van der Waals surface area contributed by atoms with E-state index >= 15 is 0 Å². The Kier molecular flexibility index (Phi) is 13.5. The van der Waals surface area contributed by atoms with Crippen LogP contribution < -0.4 is 0 Å². The van der Waals surface area contributed by atoms with Crippen LogP contribution in [0.5, 0.6) is 0 Å². The predicted molar refractivity (Wildman–Crippen MR) is 93.6 cm³/mol. The third-order valence-electron chi connectivity index (χ3n) is 4.81. The van der Waals surface area contributed by atoms with Crippen LogP contribution in [0.15, 0.2) is 11.0 Å². The molecule has 0 nitrogen and oxygen atoms in total. The number of hydrogen-bond donors (Lipinski definition) is 0. The predicted octanol–water partition coefficient (Wildman–Crippen LogP) is 7.12. The number of rotatable bonds is 13. The molecular formula is C18H38Ge. The first-order chi connectivity index (χ1) is 9.24. The van der Waals surface area contributed by atoms with Crippen LogP contribution in [0.2, 0.25) is 15.8 Å². The molecule has 0 aromatic rings. The van der Waals surface area contributed by atoms with E-state index in [1.807, 2.05) is 0 Å². The molecule has 0 aliphatic rings. The monoisotopic (exact) mass is 328 g/mol. The van der Waals surface area contributed by atoms with E-state index in [4.69, 9.17) is 0 Å². The number of hydrogen-bond acceptors (Lipinski definition) is 0. The van der Waals surface area contributed by atoms with Gasteiger partial charge < -0.3 is 0 Å². The molecule has 0 aliphatic carbocycles. The van der Waals surface area contributed by atoms with Crippen LogP contribution >= 0.6 is 0 Å². The summed E-state index contributed by atoms with van der Waals surface area (Å²) in [6.45, 7) is 9.52. The summed E-state index contributed by atoms with van der Waals surface area (Å²) in [6, 6.07) is 0. The van der Waals surface area contributed by atoms with Gasteiger partial charge in [-0.2, -0.15) is 0 Å². The van der Waals surface area contributed by atoms with Crippen molar-refractivity contribution in [2.24, 2.45) is 0 Å². The molecule has 0 rings (SSSR count). The topological polar surface area (TPSA) is 0 Å². The molecule has 0 atom stereocenters. The molecule has 0 radical (unpaired) electrons. The summed E-state index contributed by atoms with van der Waals surface area (Å²) in [6.07, 6.45) is 15.4. The van der Waals surface area contributed by atoms with Gasteiger partial charge in [-0.1, -0.05) is 0 Å². The molecule has 0 N–H and O–H groups in total. The van der Waals surface area contributed by atoms with Gasteiger partial charge in [0.25, 0.3) is 0 Å². The summed E-state index contributed by atoms with van der Waals surface area (Å²) in [5.41, 5.74) is 0. The summed E-state index contributed by atoms with van der Waals surface area (Å²) in [5, 5.41) is 4.42. The van der Waals surface area contributed by atoms with Gasteiger partial charge in [0.2, 0.25) is 0 Å². The zero-order valence-corrected chi connectivity index (χ0v) is 16.2. The van der Waals surface area contributed by atoms with Gasteiger partial charge in [-0.3, -0.25) is 0 Å². The fourth-order valence-electron chi connectivity index (χ4n) is 2.83. The van der Waals surface area contributed by atoms with Crippen LogP contribution in [0.25, 0.3) is 0 Å². The molecule has 0 fully saturated rings. The van der Waals surface area contributed by atoms with Crippen molar-refractivity contribution in [2.75, 3.05) is 0 Å². The Balaban J connectivity index is 3.52. The fraction of sp³-hybridized carbons (Fsp3) is 0.889. The van der Waals surface area contributed by atoms with E-state index in [2.05, 4.69) is 38.7 Å². The molecule has 0 heterocycles. The summed E-state index contributed by atoms with van der Waals surface area (Å²) in [4.78, 5) is 2.70. The second-order valence-corrected chi connectivity index (χ2v) is 17.0. The Morgan fingerprint density at radius 3 is 1.58 bits per heavy atom. The molecule has 0 saturated heterocycles. The van der Waals surface area contributed by atoms with E-state index in [0.717, 1.165) is 0 Å². The maximum absolute atomic E-state index is 2.70. The summed E-state index contributed by atoms with van der Waals surface area (Å²) in [7, 11) is 0. The van der Waals surface area contributed by atoms with E-state index in [1.54, 1.807) is 0 Å². The Labute approximate surface area is 125 Å². The van der Waals surface area contributed by atoms with Crippen LogP contribution in [-0.2, 0) is 0 Å². The molecule has 0 aromatic carbocycles. The second-order valence-electron chi connectivity index (χ2n) is 6.09. The molecule has 0 amide bonds. The van der Waals surface area contributed by atoms with Gasteiger partial charge in [0, 0.05) is 0 Å². The van der Waals surface area contributed by atoms with Crippen molar-refractivity contribution < 1.29 is 0 Å². The van der Waals surface area contributed by atoms with Crippen molar-refractivity contribution in [3.8, 4) is 0 Å². The molecule has 19 heavy (non-hydrogen) atoms. The first-order valence-corrected chi connectivity index (χ1v) is 14.6. The summed E-state index contributed by atoms with van der Waals surface area (Å²) in [5.74, 6) is 0. The SMILES string of the molecule is CCCCCCCCCC/C=[CH]\[Ge]([CH2]C)([CH2]C)[CH2]C. The number of unbranched alkanes of at least 4 members (excludes halogenated alkanes) is 8. The van der Waals surface area contributed by atoms with E-state index in [9.17, 15) is 0 Å². The van der Waals surface area contributed by atoms with Gasteiger partial charge in [-0.15, -0.1) is 0 Å². The third-order valence-corrected chi connectivity index (χ3v) is 15.7. The zero-order valence-electron chi connectivity index (χ0n) is 14.1. The van der Waals surface area contributed by atoms with Gasteiger partial charge in [0.05, 0.1) is 0 Å². The second kappa shape index (κ2) is 13.3. The standard InChI is InChI=1S/C18H38Ge/c1-5-9-10-11-12-13-14-15-16-17-18-19(6-2,7-3)8-4/h17-18H,5-16H2,1-4H3/b18-17-. The Morgan fingerprint density at radius 1 is 0.632 bits per heavy atom. The van der Waals surface area contributed by atoms with Gasteiger partial charge in [-0.25, -0.2) is 0 Å². The van der Waals surface area contributed by atoms with Crippen LogP contribution in [0, 0.1) is 0 Å². The molecule has 0 bridgehead atoms. The van der Waals surface area contributed by atoms with E-state index < -0.39 is 13.3 Å².